The number of benzene rings is 1. The molecule has 1 aromatic rings. The first-order valence-corrected chi connectivity index (χ1v) is 8.28. The van der Waals surface area contributed by atoms with Crippen molar-refractivity contribution in [2.45, 2.75) is 64.1 Å². The quantitative estimate of drug-likeness (QED) is 0.891. The van der Waals surface area contributed by atoms with E-state index in [4.69, 9.17) is 0 Å². The van der Waals surface area contributed by atoms with Crippen LogP contribution in [0, 0.1) is 12.7 Å². The largest absolute Gasteiger partial charge is 0.308 e. The first-order chi connectivity index (χ1) is 10.0. The number of hydrogen-bond donors (Lipinski definition) is 1. The van der Waals surface area contributed by atoms with Gasteiger partial charge in [0.2, 0.25) is 0 Å². The highest BCUT2D eigenvalue weighted by molar-refractivity contribution is 5.26. The zero-order valence-corrected chi connectivity index (χ0v) is 13.5. The Morgan fingerprint density at radius 2 is 2.05 bits per heavy atom. The van der Waals surface area contributed by atoms with Crippen molar-refractivity contribution in [2.75, 3.05) is 13.1 Å². The highest BCUT2D eigenvalue weighted by Crippen LogP contribution is 2.36. The number of nitrogens with one attached hydrogen (secondary N) is 1. The van der Waals surface area contributed by atoms with Crippen LogP contribution in [0.15, 0.2) is 18.2 Å². The molecule has 2 unspecified atom stereocenters. The summed E-state index contributed by atoms with van der Waals surface area (Å²) < 4.78 is 13.9. The van der Waals surface area contributed by atoms with Gasteiger partial charge in [-0.05, 0) is 50.8 Å². The molecular weight excluding hydrogens is 263 g/mol. The highest BCUT2D eigenvalue weighted by Gasteiger charge is 2.41. The Hall–Kier alpha value is -0.930. The summed E-state index contributed by atoms with van der Waals surface area (Å²) in [5.74, 6) is -0.0854. The summed E-state index contributed by atoms with van der Waals surface area (Å²) >= 11 is 0. The Kier molecular flexibility index (Phi) is 4.06. The van der Waals surface area contributed by atoms with Crippen molar-refractivity contribution in [3.05, 3.63) is 35.1 Å². The van der Waals surface area contributed by atoms with Crippen molar-refractivity contribution in [2.24, 2.45) is 0 Å². The lowest BCUT2D eigenvalue weighted by molar-refractivity contribution is 0.0562. The van der Waals surface area contributed by atoms with E-state index in [0.29, 0.717) is 11.6 Å². The van der Waals surface area contributed by atoms with Crippen LogP contribution in [0.4, 0.5) is 4.39 Å². The van der Waals surface area contributed by atoms with Gasteiger partial charge in [0.05, 0.1) is 0 Å². The first-order valence-electron chi connectivity index (χ1n) is 8.28. The van der Waals surface area contributed by atoms with Gasteiger partial charge in [-0.15, -0.1) is 0 Å². The van der Waals surface area contributed by atoms with Crippen LogP contribution in [-0.2, 0) is 0 Å². The van der Waals surface area contributed by atoms with Crippen molar-refractivity contribution in [1.29, 1.82) is 0 Å². The minimum absolute atomic E-state index is 0.0854. The van der Waals surface area contributed by atoms with E-state index < -0.39 is 0 Å². The van der Waals surface area contributed by atoms with E-state index in [1.807, 2.05) is 13.0 Å². The molecule has 1 aliphatic heterocycles. The fourth-order valence-corrected chi connectivity index (χ4v) is 4.01. The molecule has 3 heteroatoms. The van der Waals surface area contributed by atoms with E-state index >= 15 is 0 Å². The van der Waals surface area contributed by atoms with Gasteiger partial charge in [-0.25, -0.2) is 4.39 Å². The summed E-state index contributed by atoms with van der Waals surface area (Å²) in [4.78, 5) is 2.56. The number of aryl methyl sites for hydroxylation is 1. The van der Waals surface area contributed by atoms with Crippen LogP contribution in [0.3, 0.4) is 0 Å². The van der Waals surface area contributed by atoms with Crippen LogP contribution in [0.2, 0.25) is 0 Å². The maximum atomic E-state index is 13.9. The van der Waals surface area contributed by atoms with Gasteiger partial charge in [-0.2, -0.15) is 0 Å². The SMILES string of the molecule is Cc1ccc(C(C)N2CC3(CCCC3)NCC2C)cc1F. The fourth-order valence-electron chi connectivity index (χ4n) is 4.01. The molecule has 2 aliphatic rings. The number of nitrogens with zero attached hydrogens (tertiary/aromatic N) is 1. The van der Waals surface area contributed by atoms with Crippen LogP contribution in [-0.4, -0.2) is 29.6 Å². The predicted octanol–water partition coefficient (Wildman–Crippen LogP) is 3.80. The van der Waals surface area contributed by atoms with Gasteiger partial charge in [-0.1, -0.05) is 25.0 Å². The van der Waals surface area contributed by atoms with E-state index in [2.05, 4.69) is 30.1 Å². The number of rotatable bonds is 2. The number of piperazine rings is 1. The van der Waals surface area contributed by atoms with E-state index in [-0.39, 0.29) is 11.9 Å². The van der Waals surface area contributed by atoms with Crippen molar-refractivity contribution in [3.8, 4) is 0 Å². The third-order valence-electron chi connectivity index (χ3n) is 5.56. The molecule has 1 aliphatic carbocycles. The molecule has 1 spiro atoms. The molecule has 1 saturated carbocycles. The molecule has 116 valence electrons. The lowest BCUT2D eigenvalue weighted by Gasteiger charge is -2.48. The lowest BCUT2D eigenvalue weighted by Crippen LogP contribution is -2.62. The molecule has 1 N–H and O–H groups in total. The number of halogens is 1. The molecule has 0 aromatic heterocycles. The van der Waals surface area contributed by atoms with Gasteiger partial charge in [0, 0.05) is 30.7 Å². The average molecular weight is 290 g/mol. The minimum Gasteiger partial charge on any atom is -0.308 e. The van der Waals surface area contributed by atoms with Crippen LogP contribution >= 0.6 is 0 Å². The second-order valence-corrected chi connectivity index (χ2v) is 7.07. The Morgan fingerprint density at radius 1 is 1.33 bits per heavy atom. The van der Waals surface area contributed by atoms with Crippen molar-refractivity contribution >= 4 is 0 Å². The van der Waals surface area contributed by atoms with Crippen LogP contribution in [0.5, 0.6) is 0 Å². The molecule has 0 amide bonds. The van der Waals surface area contributed by atoms with Crippen molar-refractivity contribution in [3.63, 3.8) is 0 Å². The Balaban J connectivity index is 1.81. The third-order valence-corrected chi connectivity index (χ3v) is 5.56. The minimum atomic E-state index is -0.0854. The maximum absolute atomic E-state index is 13.9. The number of hydrogen-bond acceptors (Lipinski definition) is 2. The maximum Gasteiger partial charge on any atom is 0.126 e. The molecule has 0 bridgehead atoms. The molecule has 1 saturated heterocycles. The normalized spacial score (nSPS) is 27.1. The first kappa shape index (κ1) is 15.0. The van der Waals surface area contributed by atoms with Gasteiger partial charge in [-0.3, -0.25) is 4.90 Å². The summed E-state index contributed by atoms with van der Waals surface area (Å²) in [7, 11) is 0. The molecule has 1 aromatic carbocycles. The average Bonchev–Trinajstić information content (AvgIpc) is 2.92. The van der Waals surface area contributed by atoms with E-state index in [1.54, 1.807) is 6.07 Å². The molecule has 0 radical (unpaired) electrons. The van der Waals surface area contributed by atoms with Crippen LogP contribution in [0.25, 0.3) is 0 Å². The molecular formula is C18H27FN2. The molecule has 1 heterocycles. The van der Waals surface area contributed by atoms with Crippen LogP contribution in [0.1, 0.15) is 56.7 Å². The van der Waals surface area contributed by atoms with Crippen molar-refractivity contribution in [1.82, 2.24) is 10.2 Å². The van der Waals surface area contributed by atoms with Gasteiger partial charge < -0.3 is 5.32 Å². The Morgan fingerprint density at radius 3 is 2.71 bits per heavy atom. The third kappa shape index (κ3) is 2.86. The summed E-state index contributed by atoms with van der Waals surface area (Å²) in [6, 6.07) is 6.47. The highest BCUT2D eigenvalue weighted by atomic mass is 19.1. The molecule has 2 nitrogen and oxygen atoms in total. The molecule has 2 fully saturated rings. The summed E-state index contributed by atoms with van der Waals surface area (Å²) in [5.41, 5.74) is 2.14. The summed E-state index contributed by atoms with van der Waals surface area (Å²) in [6.45, 7) is 8.44. The monoisotopic (exact) mass is 290 g/mol. The summed E-state index contributed by atoms with van der Waals surface area (Å²) in [5, 5.41) is 3.79. The fraction of sp³-hybridized carbons (Fsp3) is 0.667. The van der Waals surface area contributed by atoms with Crippen LogP contribution < -0.4 is 5.32 Å². The van der Waals surface area contributed by atoms with E-state index in [0.717, 1.165) is 24.2 Å². The zero-order chi connectivity index (χ0) is 15.0. The Bertz CT molecular complexity index is 508. The van der Waals surface area contributed by atoms with E-state index in [9.17, 15) is 4.39 Å². The standard InChI is InChI=1S/C18H27FN2/c1-13-6-7-16(10-17(13)19)15(3)21-12-18(8-4-5-9-18)20-11-14(21)2/h6-7,10,14-15,20H,4-5,8-9,11-12H2,1-3H3. The summed E-state index contributed by atoms with van der Waals surface area (Å²) in [6.07, 6.45) is 5.24. The van der Waals surface area contributed by atoms with Gasteiger partial charge in [0.15, 0.2) is 0 Å². The second-order valence-electron chi connectivity index (χ2n) is 7.07. The zero-order valence-electron chi connectivity index (χ0n) is 13.5. The lowest BCUT2D eigenvalue weighted by atomic mass is 9.90. The van der Waals surface area contributed by atoms with Gasteiger partial charge in [0.25, 0.3) is 0 Å². The van der Waals surface area contributed by atoms with Gasteiger partial charge in [0.1, 0.15) is 5.82 Å². The second kappa shape index (κ2) is 5.69. The Labute approximate surface area is 127 Å². The predicted molar refractivity (Wildman–Crippen MR) is 84.9 cm³/mol. The molecule has 3 rings (SSSR count). The molecule has 21 heavy (non-hydrogen) atoms. The van der Waals surface area contributed by atoms with Crippen molar-refractivity contribution < 1.29 is 4.39 Å². The van der Waals surface area contributed by atoms with E-state index in [1.165, 1.54) is 25.7 Å². The molecule has 2 atom stereocenters. The topological polar surface area (TPSA) is 15.3 Å². The van der Waals surface area contributed by atoms with Gasteiger partial charge >= 0.3 is 0 Å². The smallest absolute Gasteiger partial charge is 0.126 e.